The summed E-state index contributed by atoms with van der Waals surface area (Å²) in [6.07, 6.45) is 4.01. The van der Waals surface area contributed by atoms with E-state index in [1.54, 1.807) is 6.07 Å². The Balaban J connectivity index is 2.29. The highest BCUT2D eigenvalue weighted by Gasteiger charge is 2.21. The van der Waals surface area contributed by atoms with E-state index in [0.717, 1.165) is 31.2 Å². The Morgan fingerprint density at radius 1 is 1.11 bits per heavy atom. The summed E-state index contributed by atoms with van der Waals surface area (Å²) in [5.74, 6) is -0.131. The fraction of sp³-hybridized carbons (Fsp3) is 0.381. The molecule has 1 atom stereocenters. The van der Waals surface area contributed by atoms with E-state index < -0.39 is 10.0 Å². The van der Waals surface area contributed by atoms with E-state index in [1.807, 2.05) is 30.3 Å². The molecule has 28 heavy (non-hydrogen) atoms. The molecule has 0 aromatic heterocycles. The molecule has 2 aromatic carbocycles. The molecule has 1 amide bonds. The zero-order valence-electron chi connectivity index (χ0n) is 16.6. The SMILES string of the molecule is CCCCCC(NC(=O)c1ccc(OC)c(S(=O)(=O)NC)c1)c1ccccc1. The van der Waals surface area contributed by atoms with Gasteiger partial charge in [0.15, 0.2) is 0 Å². The number of rotatable bonds is 10. The molecule has 6 nitrogen and oxygen atoms in total. The van der Waals surface area contributed by atoms with Gasteiger partial charge in [0, 0.05) is 5.56 Å². The fourth-order valence-electron chi connectivity index (χ4n) is 2.99. The first-order valence-electron chi connectivity index (χ1n) is 9.40. The van der Waals surface area contributed by atoms with Crippen LogP contribution in [0, 0.1) is 0 Å². The second-order valence-electron chi connectivity index (χ2n) is 6.51. The van der Waals surface area contributed by atoms with Crippen molar-refractivity contribution in [3.63, 3.8) is 0 Å². The average molecular weight is 405 g/mol. The molecular formula is C21H28N2O4S. The number of hydrogen-bond donors (Lipinski definition) is 2. The Bertz CT molecular complexity index is 883. The third kappa shape index (κ3) is 5.56. The molecule has 0 fully saturated rings. The number of carbonyl (C=O) groups is 1. The number of carbonyl (C=O) groups excluding carboxylic acids is 1. The Labute approximate surface area is 167 Å². The van der Waals surface area contributed by atoms with Gasteiger partial charge in [0.05, 0.1) is 13.2 Å². The number of benzene rings is 2. The first-order chi connectivity index (χ1) is 13.4. The van der Waals surface area contributed by atoms with E-state index in [0.29, 0.717) is 0 Å². The minimum absolute atomic E-state index is 0.0626. The predicted molar refractivity (Wildman–Crippen MR) is 110 cm³/mol. The van der Waals surface area contributed by atoms with E-state index in [2.05, 4.69) is 17.0 Å². The molecule has 0 aliphatic carbocycles. The summed E-state index contributed by atoms with van der Waals surface area (Å²) < 4.78 is 31.9. The highest BCUT2D eigenvalue weighted by atomic mass is 32.2. The van der Waals surface area contributed by atoms with Crippen molar-refractivity contribution >= 4 is 15.9 Å². The second-order valence-corrected chi connectivity index (χ2v) is 8.36. The Kier molecular flexibility index (Phi) is 8.02. The van der Waals surface area contributed by atoms with Gasteiger partial charge < -0.3 is 10.1 Å². The van der Waals surface area contributed by atoms with Crippen LogP contribution in [0.2, 0.25) is 0 Å². The molecule has 0 saturated carbocycles. The molecule has 2 aromatic rings. The van der Waals surface area contributed by atoms with Crippen LogP contribution in [0.4, 0.5) is 0 Å². The van der Waals surface area contributed by atoms with Crippen molar-refractivity contribution in [3.8, 4) is 5.75 Å². The molecule has 0 heterocycles. The Hall–Kier alpha value is -2.38. The fourth-order valence-corrected chi connectivity index (χ4v) is 3.90. The average Bonchev–Trinajstić information content (AvgIpc) is 2.73. The van der Waals surface area contributed by atoms with E-state index >= 15 is 0 Å². The standard InChI is InChI=1S/C21H28N2O4S/c1-4-5-7-12-18(16-10-8-6-9-11-16)23-21(24)17-13-14-19(27-3)20(15-17)28(25,26)22-2/h6,8-11,13-15,18,22H,4-5,7,12H2,1-3H3,(H,23,24). The number of unbranched alkanes of at least 4 members (excludes halogenated alkanes) is 2. The van der Waals surface area contributed by atoms with E-state index in [9.17, 15) is 13.2 Å². The van der Waals surface area contributed by atoms with Crippen LogP contribution in [-0.4, -0.2) is 28.5 Å². The molecule has 0 aliphatic rings. The Morgan fingerprint density at radius 2 is 1.82 bits per heavy atom. The van der Waals surface area contributed by atoms with Gasteiger partial charge >= 0.3 is 0 Å². The van der Waals surface area contributed by atoms with Gasteiger partial charge in [-0.05, 0) is 37.2 Å². The van der Waals surface area contributed by atoms with Crippen LogP contribution < -0.4 is 14.8 Å². The maximum atomic E-state index is 12.9. The normalized spacial score (nSPS) is 12.4. The van der Waals surface area contributed by atoms with Crippen LogP contribution in [0.5, 0.6) is 5.75 Å². The van der Waals surface area contributed by atoms with Gasteiger partial charge in [-0.15, -0.1) is 0 Å². The van der Waals surface area contributed by atoms with E-state index in [4.69, 9.17) is 4.74 Å². The lowest BCUT2D eigenvalue weighted by Gasteiger charge is -2.20. The third-order valence-corrected chi connectivity index (χ3v) is 6.02. The minimum Gasteiger partial charge on any atom is -0.495 e. The zero-order valence-corrected chi connectivity index (χ0v) is 17.4. The Morgan fingerprint density at radius 3 is 2.43 bits per heavy atom. The lowest BCUT2D eigenvalue weighted by atomic mass is 10.00. The smallest absolute Gasteiger partial charge is 0.251 e. The van der Waals surface area contributed by atoms with Crippen molar-refractivity contribution in [2.75, 3.05) is 14.2 Å². The summed E-state index contributed by atoms with van der Waals surface area (Å²) in [4.78, 5) is 12.8. The number of nitrogens with one attached hydrogen (secondary N) is 2. The highest BCUT2D eigenvalue weighted by Crippen LogP contribution is 2.26. The number of amides is 1. The summed E-state index contributed by atoms with van der Waals surface area (Å²) in [5.41, 5.74) is 1.30. The van der Waals surface area contributed by atoms with Crippen molar-refractivity contribution in [2.24, 2.45) is 0 Å². The molecule has 1 unspecified atom stereocenters. The van der Waals surface area contributed by atoms with Crippen LogP contribution in [-0.2, 0) is 10.0 Å². The first-order valence-corrected chi connectivity index (χ1v) is 10.9. The molecule has 0 bridgehead atoms. The molecule has 152 valence electrons. The molecule has 0 spiro atoms. The predicted octanol–water partition coefficient (Wildman–Crippen LogP) is 3.65. The topological polar surface area (TPSA) is 84.5 Å². The monoisotopic (exact) mass is 404 g/mol. The molecular weight excluding hydrogens is 376 g/mol. The zero-order chi connectivity index (χ0) is 20.6. The largest absolute Gasteiger partial charge is 0.495 e. The van der Waals surface area contributed by atoms with Crippen LogP contribution in [0.15, 0.2) is 53.4 Å². The lowest BCUT2D eigenvalue weighted by Crippen LogP contribution is -2.29. The maximum absolute atomic E-state index is 12.9. The van der Waals surface area contributed by atoms with Crippen LogP contribution in [0.25, 0.3) is 0 Å². The van der Waals surface area contributed by atoms with Crippen molar-refractivity contribution in [1.29, 1.82) is 0 Å². The van der Waals surface area contributed by atoms with Crippen molar-refractivity contribution < 1.29 is 17.9 Å². The van der Waals surface area contributed by atoms with Gasteiger partial charge in [0.2, 0.25) is 10.0 Å². The summed E-state index contributed by atoms with van der Waals surface area (Å²) >= 11 is 0. The van der Waals surface area contributed by atoms with Crippen LogP contribution in [0.3, 0.4) is 0 Å². The summed E-state index contributed by atoms with van der Waals surface area (Å²) in [7, 11) is -1.04. The summed E-state index contributed by atoms with van der Waals surface area (Å²) in [6, 6.07) is 14.1. The van der Waals surface area contributed by atoms with E-state index in [1.165, 1.54) is 26.3 Å². The van der Waals surface area contributed by atoms with Gasteiger partial charge in [-0.2, -0.15) is 0 Å². The van der Waals surface area contributed by atoms with Crippen molar-refractivity contribution in [2.45, 2.75) is 43.5 Å². The van der Waals surface area contributed by atoms with Crippen LogP contribution >= 0.6 is 0 Å². The van der Waals surface area contributed by atoms with Crippen LogP contribution in [0.1, 0.15) is 54.6 Å². The second kappa shape index (κ2) is 10.2. The summed E-state index contributed by atoms with van der Waals surface area (Å²) in [5, 5.41) is 3.05. The quantitative estimate of drug-likeness (QED) is 0.592. The van der Waals surface area contributed by atoms with Crippen molar-refractivity contribution in [1.82, 2.24) is 10.0 Å². The number of hydrogen-bond acceptors (Lipinski definition) is 4. The first kappa shape index (κ1) is 21.9. The van der Waals surface area contributed by atoms with Gasteiger partial charge in [0.25, 0.3) is 5.91 Å². The lowest BCUT2D eigenvalue weighted by molar-refractivity contribution is 0.0933. The van der Waals surface area contributed by atoms with Gasteiger partial charge in [-0.1, -0.05) is 56.5 Å². The van der Waals surface area contributed by atoms with E-state index in [-0.39, 0.29) is 28.2 Å². The van der Waals surface area contributed by atoms with Gasteiger partial charge in [0.1, 0.15) is 10.6 Å². The molecule has 7 heteroatoms. The third-order valence-electron chi connectivity index (χ3n) is 4.59. The molecule has 2 N–H and O–H groups in total. The summed E-state index contributed by atoms with van der Waals surface area (Å²) in [6.45, 7) is 2.14. The van der Waals surface area contributed by atoms with Crippen molar-refractivity contribution in [3.05, 3.63) is 59.7 Å². The minimum atomic E-state index is -3.75. The van der Waals surface area contributed by atoms with Gasteiger partial charge in [-0.3, -0.25) is 4.79 Å². The molecule has 0 aliphatic heterocycles. The number of methoxy groups -OCH3 is 1. The molecule has 0 radical (unpaired) electrons. The molecule has 0 saturated heterocycles. The number of sulfonamides is 1. The molecule has 2 rings (SSSR count). The highest BCUT2D eigenvalue weighted by molar-refractivity contribution is 7.89. The van der Waals surface area contributed by atoms with Gasteiger partial charge in [-0.25, -0.2) is 13.1 Å². The maximum Gasteiger partial charge on any atom is 0.251 e. The number of ether oxygens (including phenoxy) is 1.